The Hall–Kier alpha value is -1.55. The smallest absolute Gasteiger partial charge is 0.222 e. The summed E-state index contributed by atoms with van der Waals surface area (Å²) in [5.74, 6) is 0.277. The summed E-state index contributed by atoms with van der Waals surface area (Å²) >= 11 is 0. The summed E-state index contributed by atoms with van der Waals surface area (Å²) in [4.78, 5) is 11.3. The molecule has 1 unspecified atom stereocenters. The molecule has 2 N–H and O–H groups in total. The third kappa shape index (κ3) is 2.73. The number of hydrogen-bond acceptors (Lipinski definition) is 3. The van der Waals surface area contributed by atoms with E-state index in [1.807, 2.05) is 12.1 Å². The molecule has 1 aliphatic heterocycles. The molecule has 0 radical (unpaired) electrons. The number of benzene rings is 1. The second kappa shape index (κ2) is 4.99. The zero-order valence-electron chi connectivity index (χ0n) is 8.98. The molecule has 16 heavy (non-hydrogen) atoms. The SMILES string of the molecule is O=C1CCOCC(Cc2ccccc2O)N1. The third-order valence-corrected chi connectivity index (χ3v) is 2.62. The van der Waals surface area contributed by atoms with Gasteiger partial charge < -0.3 is 15.2 Å². The number of aromatic hydroxyl groups is 1. The van der Waals surface area contributed by atoms with Crippen molar-refractivity contribution in [1.29, 1.82) is 0 Å². The van der Waals surface area contributed by atoms with Gasteiger partial charge in [-0.2, -0.15) is 0 Å². The van der Waals surface area contributed by atoms with E-state index in [2.05, 4.69) is 5.32 Å². The first-order valence-corrected chi connectivity index (χ1v) is 5.39. The molecule has 1 aromatic carbocycles. The summed E-state index contributed by atoms with van der Waals surface area (Å²) in [5, 5.41) is 12.5. The summed E-state index contributed by atoms with van der Waals surface area (Å²) < 4.78 is 5.32. The largest absolute Gasteiger partial charge is 0.508 e. The van der Waals surface area contributed by atoms with Crippen LogP contribution in [-0.2, 0) is 16.0 Å². The highest BCUT2D eigenvalue weighted by Gasteiger charge is 2.18. The summed E-state index contributed by atoms with van der Waals surface area (Å²) in [7, 11) is 0. The first kappa shape index (κ1) is 11.0. The number of phenols is 1. The molecule has 0 spiro atoms. The van der Waals surface area contributed by atoms with E-state index in [0.717, 1.165) is 5.56 Å². The minimum Gasteiger partial charge on any atom is -0.508 e. The lowest BCUT2D eigenvalue weighted by atomic mass is 10.1. The Bertz CT molecular complexity index is 378. The van der Waals surface area contributed by atoms with Crippen molar-refractivity contribution in [2.75, 3.05) is 13.2 Å². The summed E-state index contributed by atoms with van der Waals surface area (Å²) in [5.41, 5.74) is 0.832. The van der Waals surface area contributed by atoms with Crippen LogP contribution in [0.4, 0.5) is 0 Å². The van der Waals surface area contributed by atoms with E-state index in [1.54, 1.807) is 12.1 Å². The van der Waals surface area contributed by atoms with E-state index in [1.165, 1.54) is 0 Å². The average Bonchev–Trinajstić information content (AvgIpc) is 2.46. The molecule has 1 aliphatic rings. The second-order valence-corrected chi connectivity index (χ2v) is 3.92. The fourth-order valence-electron chi connectivity index (χ4n) is 1.79. The number of amides is 1. The quantitative estimate of drug-likeness (QED) is 0.778. The Balaban J connectivity index is 2.03. The average molecular weight is 221 g/mol. The molecule has 0 saturated carbocycles. The molecule has 86 valence electrons. The van der Waals surface area contributed by atoms with Gasteiger partial charge in [-0.1, -0.05) is 18.2 Å². The minimum absolute atomic E-state index is 0.0120. The van der Waals surface area contributed by atoms with Crippen LogP contribution in [0.25, 0.3) is 0 Å². The number of rotatable bonds is 2. The van der Waals surface area contributed by atoms with Gasteiger partial charge in [0.05, 0.1) is 19.3 Å². The highest BCUT2D eigenvalue weighted by Crippen LogP contribution is 2.17. The Morgan fingerprint density at radius 3 is 3.06 bits per heavy atom. The fourth-order valence-corrected chi connectivity index (χ4v) is 1.79. The first-order chi connectivity index (χ1) is 7.75. The van der Waals surface area contributed by atoms with Crippen molar-refractivity contribution in [1.82, 2.24) is 5.32 Å². The van der Waals surface area contributed by atoms with Crippen LogP contribution in [0.1, 0.15) is 12.0 Å². The van der Waals surface area contributed by atoms with Crippen molar-refractivity contribution in [3.8, 4) is 5.75 Å². The van der Waals surface area contributed by atoms with E-state index >= 15 is 0 Å². The Morgan fingerprint density at radius 1 is 1.44 bits per heavy atom. The maximum atomic E-state index is 11.3. The molecular weight excluding hydrogens is 206 g/mol. The van der Waals surface area contributed by atoms with Crippen molar-refractivity contribution < 1.29 is 14.6 Å². The van der Waals surface area contributed by atoms with Gasteiger partial charge in [-0.05, 0) is 18.1 Å². The van der Waals surface area contributed by atoms with Gasteiger partial charge in [0.1, 0.15) is 5.75 Å². The monoisotopic (exact) mass is 221 g/mol. The molecule has 0 aromatic heterocycles. The Kier molecular flexibility index (Phi) is 3.41. The van der Waals surface area contributed by atoms with Crippen LogP contribution in [0.15, 0.2) is 24.3 Å². The van der Waals surface area contributed by atoms with Crippen LogP contribution >= 0.6 is 0 Å². The fraction of sp³-hybridized carbons (Fsp3) is 0.417. The molecule has 4 nitrogen and oxygen atoms in total. The lowest BCUT2D eigenvalue weighted by Gasteiger charge is -2.15. The van der Waals surface area contributed by atoms with Gasteiger partial charge in [0.15, 0.2) is 0 Å². The van der Waals surface area contributed by atoms with Crippen molar-refractivity contribution in [3.63, 3.8) is 0 Å². The van der Waals surface area contributed by atoms with E-state index in [-0.39, 0.29) is 17.7 Å². The van der Waals surface area contributed by atoms with E-state index < -0.39 is 0 Å². The normalized spacial score (nSPS) is 21.2. The van der Waals surface area contributed by atoms with Gasteiger partial charge in [0.25, 0.3) is 0 Å². The van der Waals surface area contributed by atoms with Crippen molar-refractivity contribution >= 4 is 5.91 Å². The Morgan fingerprint density at radius 2 is 2.25 bits per heavy atom. The predicted molar refractivity (Wildman–Crippen MR) is 59.2 cm³/mol. The maximum absolute atomic E-state index is 11.3. The van der Waals surface area contributed by atoms with Gasteiger partial charge in [0, 0.05) is 6.42 Å². The zero-order chi connectivity index (χ0) is 11.4. The van der Waals surface area contributed by atoms with E-state index in [4.69, 9.17) is 4.74 Å². The van der Waals surface area contributed by atoms with Crippen LogP contribution in [0, 0.1) is 0 Å². The summed E-state index contributed by atoms with van der Waals surface area (Å²) in [6.07, 6.45) is 1.01. The van der Waals surface area contributed by atoms with Gasteiger partial charge in [0.2, 0.25) is 5.91 Å². The number of para-hydroxylation sites is 1. The predicted octanol–water partition coefficient (Wildman–Crippen LogP) is 0.840. The summed E-state index contributed by atoms with van der Waals surface area (Å²) in [6.45, 7) is 0.975. The Labute approximate surface area is 94.2 Å². The van der Waals surface area contributed by atoms with E-state index in [0.29, 0.717) is 26.1 Å². The van der Waals surface area contributed by atoms with Crippen molar-refractivity contribution in [2.45, 2.75) is 18.9 Å². The van der Waals surface area contributed by atoms with Crippen LogP contribution in [0.3, 0.4) is 0 Å². The van der Waals surface area contributed by atoms with Crippen molar-refractivity contribution in [3.05, 3.63) is 29.8 Å². The lowest BCUT2D eigenvalue weighted by molar-refractivity contribution is -0.121. The lowest BCUT2D eigenvalue weighted by Crippen LogP contribution is -2.37. The third-order valence-electron chi connectivity index (χ3n) is 2.62. The molecule has 1 atom stereocenters. The molecule has 1 saturated heterocycles. The van der Waals surface area contributed by atoms with Gasteiger partial charge >= 0.3 is 0 Å². The molecule has 1 aromatic rings. The zero-order valence-corrected chi connectivity index (χ0v) is 8.98. The number of ether oxygens (including phenoxy) is 1. The molecule has 2 rings (SSSR count). The highest BCUT2D eigenvalue weighted by molar-refractivity contribution is 5.76. The topological polar surface area (TPSA) is 58.6 Å². The molecule has 4 heteroatoms. The van der Waals surface area contributed by atoms with Gasteiger partial charge in [-0.15, -0.1) is 0 Å². The number of nitrogens with one attached hydrogen (secondary N) is 1. The maximum Gasteiger partial charge on any atom is 0.222 e. The first-order valence-electron chi connectivity index (χ1n) is 5.39. The highest BCUT2D eigenvalue weighted by atomic mass is 16.5. The molecule has 1 amide bonds. The molecular formula is C12H15NO3. The van der Waals surface area contributed by atoms with Crippen LogP contribution in [-0.4, -0.2) is 30.3 Å². The van der Waals surface area contributed by atoms with Gasteiger partial charge in [-0.3, -0.25) is 4.79 Å². The molecule has 1 heterocycles. The molecule has 0 aliphatic carbocycles. The second-order valence-electron chi connectivity index (χ2n) is 3.92. The van der Waals surface area contributed by atoms with Crippen molar-refractivity contribution in [2.24, 2.45) is 0 Å². The minimum atomic E-state index is -0.0525. The van der Waals surface area contributed by atoms with Crippen LogP contribution < -0.4 is 5.32 Å². The molecule has 0 bridgehead atoms. The van der Waals surface area contributed by atoms with Crippen LogP contribution in [0.2, 0.25) is 0 Å². The van der Waals surface area contributed by atoms with E-state index in [9.17, 15) is 9.90 Å². The van der Waals surface area contributed by atoms with Gasteiger partial charge in [-0.25, -0.2) is 0 Å². The number of carbonyl (C=O) groups is 1. The number of phenolic OH excluding ortho intramolecular Hbond substituents is 1. The van der Waals surface area contributed by atoms with Crippen LogP contribution in [0.5, 0.6) is 5.75 Å². The number of carbonyl (C=O) groups excluding carboxylic acids is 1. The molecule has 1 fully saturated rings. The standard InChI is InChI=1S/C12H15NO3/c14-11-4-2-1-3-9(11)7-10-8-16-6-5-12(15)13-10/h1-4,10,14H,5-8H2,(H,13,15). The number of hydrogen-bond donors (Lipinski definition) is 2. The summed E-state index contributed by atoms with van der Waals surface area (Å²) in [6, 6.07) is 7.10.